The van der Waals surface area contributed by atoms with E-state index in [-0.39, 0.29) is 0 Å². The minimum absolute atomic E-state index is 0.338. The second-order valence-corrected chi connectivity index (χ2v) is 7.03. The van der Waals surface area contributed by atoms with Gasteiger partial charge >= 0.3 is 6.03 Å². The van der Waals surface area contributed by atoms with Crippen molar-refractivity contribution in [1.29, 1.82) is 0 Å². The smallest absolute Gasteiger partial charge is 0.324 e. The molecule has 31 heavy (non-hydrogen) atoms. The van der Waals surface area contributed by atoms with Gasteiger partial charge in [0.15, 0.2) is 5.82 Å². The molecule has 2 N–H and O–H groups in total. The number of aromatic nitrogens is 3. The van der Waals surface area contributed by atoms with E-state index < -0.39 is 6.03 Å². The van der Waals surface area contributed by atoms with E-state index in [0.29, 0.717) is 30.4 Å². The van der Waals surface area contributed by atoms with Gasteiger partial charge in [0.1, 0.15) is 5.75 Å². The summed E-state index contributed by atoms with van der Waals surface area (Å²) >= 11 is 0. The first kappa shape index (κ1) is 20.5. The van der Waals surface area contributed by atoms with Crippen LogP contribution >= 0.6 is 0 Å². The number of aryl methyl sites for hydroxylation is 1. The Bertz CT molecular complexity index is 1110. The molecular formula is C23H23N5O3. The summed E-state index contributed by atoms with van der Waals surface area (Å²) in [7, 11) is 1.65. The number of carbonyl (C=O) groups excluding carboxylic acids is 1. The average Bonchev–Trinajstić information content (AvgIpc) is 2.81. The second-order valence-electron chi connectivity index (χ2n) is 7.03. The highest BCUT2D eigenvalue weighted by Gasteiger charge is 2.14. The van der Waals surface area contributed by atoms with Gasteiger partial charge in [-0.3, -0.25) is 15.3 Å². The molecule has 1 aromatic carbocycles. The van der Waals surface area contributed by atoms with Gasteiger partial charge in [0.25, 0.3) is 0 Å². The second kappa shape index (κ2) is 9.36. The number of nitrogens with zero attached hydrogens (tertiary/aromatic N) is 3. The van der Waals surface area contributed by atoms with E-state index in [9.17, 15) is 4.79 Å². The molecule has 0 spiro atoms. The van der Waals surface area contributed by atoms with Gasteiger partial charge in [0.2, 0.25) is 0 Å². The van der Waals surface area contributed by atoms with Crippen LogP contribution in [0.5, 0.6) is 5.75 Å². The predicted octanol–water partition coefficient (Wildman–Crippen LogP) is 4.30. The number of ether oxygens (including phenoxy) is 2. The topological polar surface area (TPSA) is 98.3 Å². The van der Waals surface area contributed by atoms with E-state index in [2.05, 4.69) is 31.7 Å². The third kappa shape index (κ3) is 5.04. The molecule has 0 atom stereocenters. The van der Waals surface area contributed by atoms with Crippen LogP contribution < -0.4 is 15.4 Å². The maximum absolute atomic E-state index is 12.3. The molecule has 2 aromatic heterocycles. The lowest BCUT2D eigenvalue weighted by Crippen LogP contribution is -2.20. The van der Waals surface area contributed by atoms with Gasteiger partial charge in [-0.2, -0.15) is 0 Å². The maximum atomic E-state index is 12.3. The number of anilines is 2. The van der Waals surface area contributed by atoms with Gasteiger partial charge in [0.05, 0.1) is 50.3 Å². The van der Waals surface area contributed by atoms with Crippen molar-refractivity contribution in [2.45, 2.75) is 13.3 Å². The molecule has 158 valence electrons. The Morgan fingerprint density at radius 3 is 2.77 bits per heavy atom. The van der Waals surface area contributed by atoms with E-state index in [1.807, 2.05) is 31.2 Å². The fourth-order valence-corrected chi connectivity index (χ4v) is 3.27. The maximum Gasteiger partial charge on any atom is 0.324 e. The van der Waals surface area contributed by atoms with Crippen molar-refractivity contribution in [2.24, 2.45) is 0 Å². The van der Waals surface area contributed by atoms with Crippen molar-refractivity contribution in [3.63, 3.8) is 0 Å². The van der Waals surface area contributed by atoms with Crippen molar-refractivity contribution in [2.75, 3.05) is 31.0 Å². The van der Waals surface area contributed by atoms with Crippen LogP contribution in [-0.4, -0.2) is 41.3 Å². The first-order chi connectivity index (χ1) is 15.1. The van der Waals surface area contributed by atoms with Crippen LogP contribution in [0.25, 0.3) is 16.8 Å². The van der Waals surface area contributed by atoms with E-state index >= 15 is 0 Å². The van der Waals surface area contributed by atoms with Gasteiger partial charge in [-0.15, -0.1) is 0 Å². The minimum atomic E-state index is -0.420. The molecule has 4 rings (SSSR count). The van der Waals surface area contributed by atoms with Crippen LogP contribution in [0.15, 0.2) is 55.0 Å². The first-order valence-electron chi connectivity index (χ1n) is 9.90. The summed E-state index contributed by atoms with van der Waals surface area (Å²) in [4.78, 5) is 25.2. The number of amides is 2. The molecule has 1 aliphatic heterocycles. The zero-order valence-electron chi connectivity index (χ0n) is 17.4. The molecule has 8 nitrogen and oxygen atoms in total. The molecule has 0 fully saturated rings. The molecule has 0 radical (unpaired) electrons. The van der Waals surface area contributed by atoms with Crippen molar-refractivity contribution in [3.8, 4) is 17.0 Å². The lowest BCUT2D eigenvalue weighted by atomic mass is 9.98. The van der Waals surface area contributed by atoms with Crippen LogP contribution in [0.3, 0.4) is 0 Å². The Hall–Kier alpha value is -3.78. The van der Waals surface area contributed by atoms with Crippen LogP contribution in [0, 0.1) is 6.92 Å². The molecule has 2 amide bonds. The summed E-state index contributed by atoms with van der Waals surface area (Å²) in [5.74, 6) is 1.10. The van der Waals surface area contributed by atoms with Crippen molar-refractivity contribution in [3.05, 3.63) is 66.3 Å². The summed E-state index contributed by atoms with van der Waals surface area (Å²) in [6.07, 6.45) is 7.66. The van der Waals surface area contributed by atoms with Gasteiger partial charge in [-0.1, -0.05) is 18.2 Å². The fourth-order valence-electron chi connectivity index (χ4n) is 3.27. The van der Waals surface area contributed by atoms with Crippen LogP contribution in [-0.2, 0) is 4.74 Å². The van der Waals surface area contributed by atoms with Gasteiger partial charge in [-0.05, 0) is 37.1 Å². The summed E-state index contributed by atoms with van der Waals surface area (Å²) in [5, 5.41) is 5.42. The summed E-state index contributed by atoms with van der Waals surface area (Å²) in [6, 6.07) is 9.10. The van der Waals surface area contributed by atoms with Crippen molar-refractivity contribution < 1.29 is 14.3 Å². The van der Waals surface area contributed by atoms with Crippen LogP contribution in [0.2, 0.25) is 0 Å². The molecular weight excluding hydrogens is 394 g/mol. The highest BCUT2D eigenvalue weighted by Crippen LogP contribution is 2.33. The minimum Gasteiger partial charge on any atom is -0.496 e. The lowest BCUT2D eigenvalue weighted by Gasteiger charge is -2.17. The number of pyridine rings is 1. The van der Waals surface area contributed by atoms with Crippen molar-refractivity contribution >= 4 is 23.1 Å². The number of rotatable bonds is 5. The van der Waals surface area contributed by atoms with E-state index in [0.717, 1.165) is 29.0 Å². The number of urea groups is 1. The zero-order chi connectivity index (χ0) is 21.6. The zero-order valence-corrected chi connectivity index (χ0v) is 17.4. The number of carbonyl (C=O) groups is 1. The highest BCUT2D eigenvalue weighted by atomic mass is 16.5. The van der Waals surface area contributed by atoms with Gasteiger partial charge in [0, 0.05) is 16.8 Å². The Kier molecular flexibility index (Phi) is 6.18. The summed E-state index contributed by atoms with van der Waals surface area (Å²) in [5.41, 5.74) is 5.18. The Morgan fingerprint density at radius 1 is 1.13 bits per heavy atom. The number of hydrogen-bond donors (Lipinski definition) is 2. The Morgan fingerprint density at radius 2 is 2.03 bits per heavy atom. The third-order valence-electron chi connectivity index (χ3n) is 4.85. The Labute approximate surface area is 180 Å². The molecule has 1 aliphatic rings. The van der Waals surface area contributed by atoms with Crippen LogP contribution in [0.1, 0.15) is 17.7 Å². The standard InChI is InChI=1S/C23H23N5O3/c1-15-3-5-18(12-25-15)26-23(29)28-22-14-24-13-20(27-22)17-4-6-19(21(11-17)30-2)16-7-9-31-10-8-16/h3-7,11-14H,8-10H2,1-2H3,(H2,26,27,28,29). The summed E-state index contributed by atoms with van der Waals surface area (Å²) in [6.45, 7) is 3.20. The number of nitrogens with one attached hydrogen (secondary N) is 2. The SMILES string of the molecule is COc1cc(-c2cncc(NC(=O)Nc3ccc(C)nc3)n2)ccc1C1=CCOCC1. The fraction of sp³-hybridized carbons (Fsp3) is 0.217. The molecule has 8 heteroatoms. The Balaban J connectivity index is 1.51. The molecule has 0 saturated carbocycles. The molecule has 3 aromatic rings. The van der Waals surface area contributed by atoms with E-state index in [4.69, 9.17) is 9.47 Å². The first-order valence-corrected chi connectivity index (χ1v) is 9.90. The van der Waals surface area contributed by atoms with Gasteiger partial charge in [-0.25, -0.2) is 9.78 Å². The normalized spacial score (nSPS) is 13.3. The van der Waals surface area contributed by atoms with Gasteiger partial charge < -0.3 is 14.8 Å². The van der Waals surface area contributed by atoms with Crippen molar-refractivity contribution in [1.82, 2.24) is 15.0 Å². The molecule has 3 heterocycles. The van der Waals surface area contributed by atoms with E-state index in [1.54, 1.807) is 25.6 Å². The molecule has 0 saturated heterocycles. The number of hydrogen-bond acceptors (Lipinski definition) is 6. The summed E-state index contributed by atoms with van der Waals surface area (Å²) < 4.78 is 11.0. The van der Waals surface area contributed by atoms with Crippen LogP contribution in [0.4, 0.5) is 16.3 Å². The predicted molar refractivity (Wildman–Crippen MR) is 119 cm³/mol. The number of methoxy groups -OCH3 is 1. The largest absolute Gasteiger partial charge is 0.496 e. The molecule has 0 unspecified atom stereocenters. The number of benzene rings is 1. The monoisotopic (exact) mass is 417 g/mol. The average molecular weight is 417 g/mol. The third-order valence-corrected chi connectivity index (χ3v) is 4.85. The highest BCUT2D eigenvalue weighted by molar-refractivity contribution is 5.99. The van der Waals surface area contributed by atoms with E-state index in [1.165, 1.54) is 11.8 Å². The molecule has 0 bridgehead atoms. The quantitative estimate of drug-likeness (QED) is 0.642. The lowest BCUT2D eigenvalue weighted by molar-refractivity contribution is 0.161. The molecule has 0 aliphatic carbocycles.